The molecule has 0 spiro atoms. The van der Waals surface area contributed by atoms with E-state index < -0.39 is 0 Å². The molecule has 1 nitrogen and oxygen atoms in total. The van der Waals surface area contributed by atoms with Crippen LogP contribution in [0.4, 0.5) is 0 Å². The first-order valence-electron chi connectivity index (χ1n) is 5.14. The zero-order chi connectivity index (χ0) is 10.3. The van der Waals surface area contributed by atoms with Gasteiger partial charge in [0.15, 0.2) is 0 Å². The van der Waals surface area contributed by atoms with Crippen molar-refractivity contribution in [3.8, 4) is 0 Å². The lowest BCUT2D eigenvalue weighted by Gasteiger charge is -2.18. The highest BCUT2D eigenvalue weighted by Crippen LogP contribution is 2.43. The Hall–Kier alpha value is -0.370. The zero-order valence-corrected chi connectivity index (χ0v) is 10.6. The van der Waals surface area contributed by atoms with Crippen LogP contribution in [-0.4, -0.2) is 4.98 Å². The van der Waals surface area contributed by atoms with Gasteiger partial charge in [0.2, 0.25) is 0 Å². The molecule has 2 heteroatoms. The van der Waals surface area contributed by atoms with Crippen LogP contribution in [0.1, 0.15) is 50.8 Å². The minimum Gasteiger partial charge on any atom is -0.260 e. The van der Waals surface area contributed by atoms with Crippen LogP contribution in [0.15, 0.2) is 16.7 Å². The molecule has 1 aromatic rings. The molecule has 1 aliphatic carbocycles. The molecule has 0 amide bonds. The third-order valence-electron chi connectivity index (χ3n) is 2.67. The van der Waals surface area contributed by atoms with Crippen molar-refractivity contribution in [2.75, 3.05) is 0 Å². The molecule has 0 bridgehead atoms. The number of pyridine rings is 1. The van der Waals surface area contributed by atoms with Crippen molar-refractivity contribution in [3.05, 3.63) is 28.0 Å². The summed E-state index contributed by atoms with van der Waals surface area (Å²) in [4.78, 5) is 4.54. The smallest absolute Gasteiger partial charge is 0.0468 e. The summed E-state index contributed by atoms with van der Waals surface area (Å²) in [5.41, 5.74) is 2.69. The lowest BCUT2D eigenvalue weighted by molar-refractivity contribution is 0.567. The monoisotopic (exact) mass is 253 g/mol. The largest absolute Gasteiger partial charge is 0.260 e. The Kier molecular flexibility index (Phi) is 2.42. The number of aromatic nitrogens is 1. The lowest BCUT2D eigenvalue weighted by atomic mass is 9.91. The fraction of sp³-hybridized carbons (Fsp3) is 0.583. The van der Waals surface area contributed by atoms with Gasteiger partial charge in [-0.2, -0.15) is 0 Å². The van der Waals surface area contributed by atoms with E-state index >= 15 is 0 Å². The fourth-order valence-corrected chi connectivity index (χ4v) is 2.19. The third kappa shape index (κ3) is 2.00. The van der Waals surface area contributed by atoms with Crippen molar-refractivity contribution in [1.29, 1.82) is 0 Å². The second-order valence-electron chi connectivity index (χ2n) is 5.12. The van der Waals surface area contributed by atoms with Crippen LogP contribution >= 0.6 is 15.9 Å². The maximum atomic E-state index is 4.54. The summed E-state index contributed by atoms with van der Waals surface area (Å²) >= 11 is 3.64. The minimum absolute atomic E-state index is 0.143. The molecule has 0 unspecified atom stereocenters. The van der Waals surface area contributed by atoms with Gasteiger partial charge in [-0.25, -0.2) is 0 Å². The number of hydrogen-bond acceptors (Lipinski definition) is 1. The third-order valence-corrected chi connectivity index (χ3v) is 3.35. The van der Waals surface area contributed by atoms with Crippen molar-refractivity contribution in [1.82, 2.24) is 4.98 Å². The predicted octanol–water partition coefficient (Wildman–Crippen LogP) is 4.02. The summed E-state index contributed by atoms with van der Waals surface area (Å²) in [5, 5.41) is 0. The van der Waals surface area contributed by atoms with E-state index in [0.717, 1.165) is 11.6 Å². The number of halogens is 1. The molecule has 0 aromatic carbocycles. The molecule has 0 N–H and O–H groups in total. The highest BCUT2D eigenvalue weighted by atomic mass is 79.9. The zero-order valence-electron chi connectivity index (χ0n) is 8.97. The molecule has 1 aliphatic rings. The first-order chi connectivity index (χ1) is 6.48. The van der Waals surface area contributed by atoms with Gasteiger partial charge < -0.3 is 0 Å². The molecule has 1 fully saturated rings. The maximum absolute atomic E-state index is 4.54. The SMILES string of the molecule is CC(C)(C)c1cc(Br)c(C2CC2)cn1. The highest BCUT2D eigenvalue weighted by Gasteiger charge is 2.27. The van der Waals surface area contributed by atoms with Gasteiger partial charge in [-0.3, -0.25) is 4.98 Å². The van der Waals surface area contributed by atoms with E-state index in [0.29, 0.717) is 0 Å². The summed E-state index contributed by atoms with van der Waals surface area (Å²) in [6.45, 7) is 6.58. The van der Waals surface area contributed by atoms with Crippen LogP contribution in [0, 0.1) is 0 Å². The second-order valence-corrected chi connectivity index (χ2v) is 5.97. The minimum atomic E-state index is 0.143. The topological polar surface area (TPSA) is 12.9 Å². The summed E-state index contributed by atoms with van der Waals surface area (Å²) in [6.07, 6.45) is 4.70. The predicted molar refractivity (Wildman–Crippen MR) is 62.6 cm³/mol. The van der Waals surface area contributed by atoms with E-state index in [1.54, 1.807) is 0 Å². The van der Waals surface area contributed by atoms with Crippen molar-refractivity contribution in [2.45, 2.75) is 44.9 Å². The Morgan fingerprint density at radius 1 is 1.36 bits per heavy atom. The molecule has 0 aliphatic heterocycles. The van der Waals surface area contributed by atoms with Crippen molar-refractivity contribution in [3.63, 3.8) is 0 Å². The Bertz CT molecular complexity index is 348. The number of rotatable bonds is 1. The Morgan fingerprint density at radius 3 is 2.43 bits per heavy atom. The standard InChI is InChI=1S/C12H16BrN/c1-12(2,3)11-6-10(13)9(7-14-11)8-4-5-8/h6-8H,4-5H2,1-3H3. The molecule has 1 heterocycles. The van der Waals surface area contributed by atoms with E-state index in [4.69, 9.17) is 0 Å². The van der Waals surface area contributed by atoms with Gasteiger partial charge in [-0.1, -0.05) is 36.7 Å². The van der Waals surface area contributed by atoms with Gasteiger partial charge >= 0.3 is 0 Å². The van der Waals surface area contributed by atoms with E-state index in [9.17, 15) is 0 Å². The summed E-state index contributed by atoms with van der Waals surface area (Å²) in [5.74, 6) is 0.769. The molecule has 1 aromatic heterocycles. The Morgan fingerprint density at radius 2 is 2.00 bits per heavy atom. The van der Waals surface area contributed by atoms with Gasteiger partial charge in [0, 0.05) is 21.8 Å². The average molecular weight is 254 g/mol. The van der Waals surface area contributed by atoms with Crippen molar-refractivity contribution < 1.29 is 0 Å². The highest BCUT2D eigenvalue weighted by molar-refractivity contribution is 9.10. The Balaban J connectivity index is 2.35. The molecule has 0 saturated heterocycles. The van der Waals surface area contributed by atoms with Crippen molar-refractivity contribution >= 4 is 15.9 Å². The quantitative estimate of drug-likeness (QED) is 0.737. The molecule has 0 atom stereocenters. The van der Waals surface area contributed by atoms with Crippen molar-refractivity contribution in [2.24, 2.45) is 0 Å². The molecule has 76 valence electrons. The first kappa shape index (κ1) is 10.2. The van der Waals surface area contributed by atoms with Crippen LogP contribution < -0.4 is 0 Å². The van der Waals surface area contributed by atoms with E-state index in [-0.39, 0.29) is 5.41 Å². The molecular weight excluding hydrogens is 238 g/mol. The van der Waals surface area contributed by atoms with Crippen LogP contribution in [0.2, 0.25) is 0 Å². The fourth-order valence-electron chi connectivity index (χ4n) is 1.55. The van der Waals surface area contributed by atoms with E-state index in [1.807, 2.05) is 6.20 Å². The second kappa shape index (κ2) is 3.34. The van der Waals surface area contributed by atoms with E-state index in [2.05, 4.69) is 47.8 Å². The summed E-state index contributed by atoms with van der Waals surface area (Å²) in [6, 6.07) is 2.17. The summed E-state index contributed by atoms with van der Waals surface area (Å²) in [7, 11) is 0. The molecule has 1 saturated carbocycles. The number of hydrogen-bond donors (Lipinski definition) is 0. The van der Waals surface area contributed by atoms with Gasteiger partial charge in [-0.05, 0) is 30.4 Å². The average Bonchev–Trinajstić information content (AvgIpc) is 2.85. The molecule has 14 heavy (non-hydrogen) atoms. The molecule has 0 radical (unpaired) electrons. The Labute approximate surface area is 94.1 Å². The van der Waals surface area contributed by atoms with Gasteiger partial charge in [0.05, 0.1) is 0 Å². The van der Waals surface area contributed by atoms with Gasteiger partial charge in [0.1, 0.15) is 0 Å². The van der Waals surface area contributed by atoms with Gasteiger partial charge in [0.25, 0.3) is 0 Å². The van der Waals surface area contributed by atoms with E-state index in [1.165, 1.54) is 22.9 Å². The number of nitrogens with zero attached hydrogens (tertiary/aromatic N) is 1. The lowest BCUT2D eigenvalue weighted by Crippen LogP contribution is -2.13. The van der Waals surface area contributed by atoms with Gasteiger partial charge in [-0.15, -0.1) is 0 Å². The molecular formula is C12H16BrN. The molecule has 2 rings (SSSR count). The normalized spacial score (nSPS) is 17.1. The van der Waals surface area contributed by atoms with Crippen LogP contribution in [0.3, 0.4) is 0 Å². The first-order valence-corrected chi connectivity index (χ1v) is 5.93. The van der Waals surface area contributed by atoms with Crippen LogP contribution in [0.25, 0.3) is 0 Å². The van der Waals surface area contributed by atoms with Crippen LogP contribution in [0.5, 0.6) is 0 Å². The summed E-state index contributed by atoms with van der Waals surface area (Å²) < 4.78 is 1.24. The van der Waals surface area contributed by atoms with Crippen LogP contribution in [-0.2, 0) is 5.41 Å². The maximum Gasteiger partial charge on any atom is 0.0468 e.